The topological polar surface area (TPSA) is 57.6 Å². The second-order valence-corrected chi connectivity index (χ2v) is 6.57. The van der Waals surface area contributed by atoms with Crippen molar-refractivity contribution in [2.24, 2.45) is 5.92 Å². The lowest BCUT2D eigenvalue weighted by atomic mass is 9.87. The number of carbonyl (C=O) groups excluding carboxylic acids is 1. The largest absolute Gasteiger partial charge is 0.481 e. The second-order valence-electron chi connectivity index (χ2n) is 6.57. The number of hydrogen-bond acceptors (Lipinski definition) is 2. The first-order valence-electron chi connectivity index (χ1n) is 8.75. The number of amides is 1. The molecule has 2 aromatic rings. The van der Waals surface area contributed by atoms with E-state index >= 15 is 0 Å². The summed E-state index contributed by atoms with van der Waals surface area (Å²) >= 11 is 0. The minimum atomic E-state index is -0.751. The molecule has 1 N–H and O–H groups in total. The van der Waals surface area contributed by atoms with Gasteiger partial charge in [0.1, 0.15) is 0 Å². The molecule has 0 unspecified atom stereocenters. The van der Waals surface area contributed by atoms with Crippen molar-refractivity contribution in [2.45, 2.75) is 25.2 Å². The van der Waals surface area contributed by atoms with Gasteiger partial charge in [-0.3, -0.25) is 9.59 Å². The van der Waals surface area contributed by atoms with Crippen LogP contribution >= 0.6 is 0 Å². The molecule has 0 atom stereocenters. The number of piperidine rings is 1. The van der Waals surface area contributed by atoms with E-state index in [1.807, 2.05) is 41.3 Å². The van der Waals surface area contributed by atoms with E-state index in [1.54, 1.807) is 0 Å². The highest BCUT2D eigenvalue weighted by Gasteiger charge is 2.28. The van der Waals surface area contributed by atoms with Gasteiger partial charge in [-0.1, -0.05) is 60.7 Å². The molecule has 0 bridgehead atoms. The average Bonchev–Trinajstić information content (AvgIpc) is 2.67. The number of carboxylic acids is 1. The summed E-state index contributed by atoms with van der Waals surface area (Å²) in [4.78, 5) is 25.7. The summed E-state index contributed by atoms with van der Waals surface area (Å²) < 4.78 is 0. The molecule has 4 heteroatoms. The van der Waals surface area contributed by atoms with Gasteiger partial charge in [-0.15, -0.1) is 0 Å². The van der Waals surface area contributed by atoms with E-state index in [-0.39, 0.29) is 17.7 Å². The lowest BCUT2D eigenvalue weighted by molar-refractivity contribution is -0.145. The van der Waals surface area contributed by atoms with Crippen molar-refractivity contribution in [1.29, 1.82) is 0 Å². The third-order valence-electron chi connectivity index (χ3n) is 4.98. The summed E-state index contributed by atoms with van der Waals surface area (Å²) in [7, 11) is 0. The van der Waals surface area contributed by atoms with Gasteiger partial charge in [0, 0.05) is 25.4 Å². The van der Waals surface area contributed by atoms with Crippen LogP contribution in [0.15, 0.2) is 60.7 Å². The first-order chi connectivity index (χ1) is 12.1. The number of aliphatic carboxylic acids is 1. The highest BCUT2D eigenvalue weighted by atomic mass is 16.4. The first-order valence-corrected chi connectivity index (χ1v) is 8.75. The Balaban J connectivity index is 1.73. The fraction of sp³-hybridized carbons (Fsp3) is 0.333. The van der Waals surface area contributed by atoms with Crippen molar-refractivity contribution in [3.05, 3.63) is 71.8 Å². The molecule has 1 saturated heterocycles. The van der Waals surface area contributed by atoms with Crippen molar-refractivity contribution < 1.29 is 14.7 Å². The van der Waals surface area contributed by atoms with E-state index < -0.39 is 5.97 Å². The molecule has 130 valence electrons. The molecule has 0 saturated carbocycles. The Morgan fingerprint density at radius 2 is 1.40 bits per heavy atom. The Morgan fingerprint density at radius 1 is 0.920 bits per heavy atom. The number of benzene rings is 2. The molecule has 1 amide bonds. The Hall–Kier alpha value is -2.62. The third kappa shape index (κ3) is 4.27. The highest BCUT2D eigenvalue weighted by Crippen LogP contribution is 2.29. The summed E-state index contributed by atoms with van der Waals surface area (Å²) in [6.07, 6.45) is 1.50. The molecule has 1 heterocycles. The predicted octanol–water partition coefficient (Wildman–Crippen LogP) is 3.53. The van der Waals surface area contributed by atoms with Gasteiger partial charge >= 0.3 is 5.97 Å². The highest BCUT2D eigenvalue weighted by molar-refractivity contribution is 5.78. The van der Waals surface area contributed by atoms with Crippen LogP contribution in [0.25, 0.3) is 0 Å². The normalized spacial score (nSPS) is 15.3. The number of carboxylic acid groups (broad SMARTS) is 1. The molecule has 0 spiro atoms. The fourth-order valence-corrected chi connectivity index (χ4v) is 3.48. The lowest BCUT2D eigenvalue weighted by Gasteiger charge is -2.31. The molecule has 0 aromatic heterocycles. The van der Waals surface area contributed by atoms with E-state index in [0.717, 1.165) is 11.1 Å². The Labute approximate surface area is 148 Å². The summed E-state index contributed by atoms with van der Waals surface area (Å²) in [5.41, 5.74) is 2.25. The maximum absolute atomic E-state index is 12.8. The fourth-order valence-electron chi connectivity index (χ4n) is 3.48. The van der Waals surface area contributed by atoms with Gasteiger partial charge in [-0.2, -0.15) is 0 Å². The van der Waals surface area contributed by atoms with E-state index in [1.165, 1.54) is 0 Å². The van der Waals surface area contributed by atoms with Crippen LogP contribution in [0.5, 0.6) is 0 Å². The number of carbonyl (C=O) groups is 2. The van der Waals surface area contributed by atoms with Crippen molar-refractivity contribution >= 4 is 11.9 Å². The summed E-state index contributed by atoms with van der Waals surface area (Å²) in [5.74, 6) is -0.949. The molecule has 1 aliphatic rings. The summed E-state index contributed by atoms with van der Waals surface area (Å²) in [6.45, 7) is 1.07. The maximum Gasteiger partial charge on any atom is 0.306 e. The summed E-state index contributed by atoms with van der Waals surface area (Å²) in [6, 6.07) is 20.2. The average molecular weight is 337 g/mol. The SMILES string of the molecule is O=C(O)C1CCN(C(=O)CC(c2ccccc2)c2ccccc2)CC1. The van der Waals surface area contributed by atoms with Crippen LogP contribution in [-0.2, 0) is 9.59 Å². The molecule has 4 nitrogen and oxygen atoms in total. The number of rotatable bonds is 5. The number of likely N-dealkylation sites (tertiary alicyclic amines) is 1. The van der Waals surface area contributed by atoms with Gasteiger partial charge in [0.15, 0.2) is 0 Å². The van der Waals surface area contributed by atoms with Crippen LogP contribution in [0.1, 0.15) is 36.3 Å². The van der Waals surface area contributed by atoms with Gasteiger partial charge in [-0.25, -0.2) is 0 Å². The van der Waals surface area contributed by atoms with Gasteiger partial charge in [0.05, 0.1) is 5.92 Å². The predicted molar refractivity (Wildman–Crippen MR) is 96.3 cm³/mol. The zero-order valence-corrected chi connectivity index (χ0v) is 14.2. The van der Waals surface area contributed by atoms with E-state index in [9.17, 15) is 9.59 Å². The number of hydrogen-bond donors (Lipinski definition) is 1. The molecule has 2 aromatic carbocycles. The molecule has 1 fully saturated rings. The van der Waals surface area contributed by atoms with Crippen LogP contribution in [0.2, 0.25) is 0 Å². The van der Waals surface area contributed by atoms with Crippen LogP contribution < -0.4 is 0 Å². The van der Waals surface area contributed by atoms with E-state index in [2.05, 4.69) is 24.3 Å². The quantitative estimate of drug-likeness (QED) is 0.908. The third-order valence-corrected chi connectivity index (χ3v) is 4.98. The molecular weight excluding hydrogens is 314 g/mol. The van der Waals surface area contributed by atoms with Gasteiger partial charge in [-0.05, 0) is 24.0 Å². The molecular formula is C21H23NO3. The zero-order chi connectivity index (χ0) is 17.6. The first kappa shape index (κ1) is 17.2. The Morgan fingerprint density at radius 3 is 1.84 bits per heavy atom. The van der Waals surface area contributed by atoms with Crippen LogP contribution in [0, 0.1) is 5.92 Å². The maximum atomic E-state index is 12.8. The number of nitrogens with zero attached hydrogens (tertiary/aromatic N) is 1. The van der Waals surface area contributed by atoms with Gasteiger partial charge in [0.2, 0.25) is 5.91 Å². The van der Waals surface area contributed by atoms with Crippen molar-refractivity contribution in [3.8, 4) is 0 Å². The second kappa shape index (κ2) is 7.97. The van der Waals surface area contributed by atoms with E-state index in [4.69, 9.17) is 5.11 Å². The smallest absolute Gasteiger partial charge is 0.306 e. The molecule has 1 aliphatic heterocycles. The van der Waals surface area contributed by atoms with Crippen LogP contribution in [-0.4, -0.2) is 35.0 Å². The minimum Gasteiger partial charge on any atom is -0.481 e. The summed E-state index contributed by atoms with van der Waals surface area (Å²) in [5, 5.41) is 9.10. The Bertz CT molecular complexity index is 667. The van der Waals surface area contributed by atoms with E-state index in [0.29, 0.717) is 32.4 Å². The molecule has 0 aliphatic carbocycles. The monoisotopic (exact) mass is 337 g/mol. The molecule has 0 radical (unpaired) electrons. The molecule has 3 rings (SSSR count). The lowest BCUT2D eigenvalue weighted by Crippen LogP contribution is -2.40. The standard InChI is InChI=1S/C21H23NO3/c23-20(22-13-11-18(12-14-22)21(24)25)15-19(16-7-3-1-4-8-16)17-9-5-2-6-10-17/h1-10,18-19H,11-15H2,(H,24,25). The molecule has 25 heavy (non-hydrogen) atoms. The van der Waals surface area contributed by atoms with Crippen molar-refractivity contribution in [3.63, 3.8) is 0 Å². The minimum absolute atomic E-state index is 0.0205. The van der Waals surface area contributed by atoms with Gasteiger partial charge in [0.25, 0.3) is 0 Å². The van der Waals surface area contributed by atoms with Crippen LogP contribution in [0.3, 0.4) is 0 Å². The Kier molecular flexibility index (Phi) is 5.49. The van der Waals surface area contributed by atoms with Crippen molar-refractivity contribution in [1.82, 2.24) is 4.90 Å². The zero-order valence-electron chi connectivity index (χ0n) is 14.2. The van der Waals surface area contributed by atoms with Crippen LogP contribution in [0.4, 0.5) is 0 Å². The van der Waals surface area contributed by atoms with Gasteiger partial charge < -0.3 is 10.0 Å². The van der Waals surface area contributed by atoms with Crippen molar-refractivity contribution in [2.75, 3.05) is 13.1 Å².